The average Bonchev–Trinajstić information content (AvgIpc) is 1.88. The minimum atomic E-state index is -2.45. The fourth-order valence-corrected chi connectivity index (χ4v) is 1.04. The number of aromatic nitrogens is 1. The minimum Gasteiger partial charge on any atom is -0.249 e. The standard InChI is InChI=1S/C6H3F2IN/c7-5(8)4-2-1-3-10-6(4)9/h2-3,5H. The number of hydrogen-bond acceptors (Lipinski definition) is 1. The van der Waals surface area contributed by atoms with Gasteiger partial charge in [-0.25, -0.2) is 13.8 Å². The van der Waals surface area contributed by atoms with E-state index >= 15 is 0 Å². The maximum absolute atomic E-state index is 12.0. The Morgan fingerprint density at radius 2 is 2.30 bits per heavy atom. The van der Waals surface area contributed by atoms with Crippen LogP contribution in [0.3, 0.4) is 0 Å². The SMILES string of the molecule is FC(F)c1c[c]cnc1I. The minimum absolute atomic E-state index is 0.0527. The molecule has 10 heavy (non-hydrogen) atoms. The van der Waals surface area contributed by atoms with Crippen molar-refractivity contribution in [3.8, 4) is 0 Å². The molecule has 0 aliphatic rings. The summed E-state index contributed by atoms with van der Waals surface area (Å²) in [6, 6.07) is 3.74. The van der Waals surface area contributed by atoms with Crippen molar-refractivity contribution in [2.45, 2.75) is 6.43 Å². The Kier molecular flexibility index (Phi) is 2.53. The van der Waals surface area contributed by atoms with Gasteiger partial charge in [-0.15, -0.1) is 0 Å². The Balaban J connectivity index is 3.03. The number of pyridine rings is 1. The van der Waals surface area contributed by atoms with E-state index in [1.807, 2.05) is 0 Å². The molecule has 0 aromatic carbocycles. The van der Waals surface area contributed by atoms with Gasteiger partial charge in [0.1, 0.15) is 3.70 Å². The third kappa shape index (κ3) is 1.62. The fraction of sp³-hybridized carbons (Fsp3) is 0.167. The normalized spacial score (nSPS) is 10.4. The summed E-state index contributed by atoms with van der Waals surface area (Å²) in [5.74, 6) is 0. The summed E-state index contributed by atoms with van der Waals surface area (Å²) in [6.07, 6.45) is -1.08. The van der Waals surface area contributed by atoms with E-state index in [-0.39, 0.29) is 5.56 Å². The van der Waals surface area contributed by atoms with Crippen LogP contribution >= 0.6 is 22.6 Å². The van der Waals surface area contributed by atoms with Crippen molar-refractivity contribution < 1.29 is 8.78 Å². The summed E-state index contributed by atoms with van der Waals surface area (Å²) < 4.78 is 24.3. The lowest BCUT2D eigenvalue weighted by Crippen LogP contribution is -1.90. The van der Waals surface area contributed by atoms with Crippen molar-refractivity contribution in [3.63, 3.8) is 0 Å². The van der Waals surface area contributed by atoms with Crippen LogP contribution in [0.4, 0.5) is 8.78 Å². The highest BCUT2D eigenvalue weighted by Gasteiger charge is 2.10. The largest absolute Gasteiger partial charge is 0.266 e. The Morgan fingerprint density at radius 3 is 2.70 bits per heavy atom. The molecule has 1 rings (SSSR count). The van der Waals surface area contributed by atoms with Gasteiger partial charge in [0.15, 0.2) is 0 Å². The first kappa shape index (κ1) is 7.84. The number of hydrogen-bond donors (Lipinski definition) is 0. The van der Waals surface area contributed by atoms with E-state index < -0.39 is 6.43 Å². The van der Waals surface area contributed by atoms with Gasteiger partial charge in [-0.3, -0.25) is 0 Å². The Hall–Kier alpha value is -0.260. The molecule has 1 aromatic heterocycles. The van der Waals surface area contributed by atoms with Crippen molar-refractivity contribution in [2.75, 3.05) is 0 Å². The first-order valence-corrected chi connectivity index (χ1v) is 3.59. The van der Waals surface area contributed by atoms with Gasteiger partial charge in [0.05, 0.1) is 5.56 Å². The summed E-state index contributed by atoms with van der Waals surface area (Å²) in [7, 11) is 0. The maximum Gasteiger partial charge on any atom is 0.266 e. The zero-order valence-corrected chi connectivity index (χ0v) is 6.97. The van der Waals surface area contributed by atoms with Crippen molar-refractivity contribution in [3.05, 3.63) is 27.6 Å². The van der Waals surface area contributed by atoms with E-state index in [0.29, 0.717) is 3.70 Å². The van der Waals surface area contributed by atoms with Crippen molar-refractivity contribution >= 4 is 22.6 Å². The van der Waals surface area contributed by atoms with Crippen LogP contribution in [0, 0.1) is 9.77 Å². The van der Waals surface area contributed by atoms with Crippen LogP contribution in [-0.4, -0.2) is 4.98 Å². The van der Waals surface area contributed by atoms with Gasteiger partial charge < -0.3 is 0 Å². The number of nitrogens with zero attached hydrogens (tertiary/aromatic N) is 1. The summed E-state index contributed by atoms with van der Waals surface area (Å²) >= 11 is 1.76. The lowest BCUT2D eigenvalue weighted by Gasteiger charge is -1.98. The highest BCUT2D eigenvalue weighted by molar-refractivity contribution is 14.1. The smallest absolute Gasteiger partial charge is 0.249 e. The summed E-state index contributed by atoms with van der Waals surface area (Å²) in [5.41, 5.74) is -0.0527. The third-order valence-corrected chi connectivity index (χ3v) is 1.87. The van der Waals surface area contributed by atoms with E-state index in [0.717, 1.165) is 0 Å². The van der Waals surface area contributed by atoms with Crippen LogP contribution in [0.15, 0.2) is 12.3 Å². The van der Waals surface area contributed by atoms with Gasteiger partial charge in [0.25, 0.3) is 6.43 Å². The van der Waals surface area contributed by atoms with Crippen LogP contribution in [0.1, 0.15) is 12.0 Å². The molecule has 0 saturated heterocycles. The van der Waals surface area contributed by atoms with Crippen LogP contribution in [0.25, 0.3) is 0 Å². The second kappa shape index (κ2) is 3.23. The summed E-state index contributed by atoms with van der Waals surface area (Å²) in [6.45, 7) is 0. The van der Waals surface area contributed by atoms with E-state index in [9.17, 15) is 8.78 Å². The monoisotopic (exact) mass is 254 g/mol. The first-order chi connectivity index (χ1) is 4.72. The second-order valence-corrected chi connectivity index (χ2v) is 2.64. The molecular formula is C6H3F2IN. The molecule has 1 nitrogen and oxygen atoms in total. The topological polar surface area (TPSA) is 12.9 Å². The zero-order valence-electron chi connectivity index (χ0n) is 4.81. The van der Waals surface area contributed by atoms with Gasteiger partial charge in [-0.2, -0.15) is 0 Å². The summed E-state index contributed by atoms with van der Waals surface area (Å²) in [5, 5.41) is 0. The molecule has 0 amide bonds. The molecule has 4 heteroatoms. The maximum atomic E-state index is 12.0. The third-order valence-electron chi connectivity index (χ3n) is 0.965. The number of alkyl halides is 2. The molecule has 1 aromatic rings. The fourth-order valence-electron chi connectivity index (χ4n) is 0.508. The number of rotatable bonds is 1. The Labute approximate surface area is 70.6 Å². The predicted octanol–water partition coefficient (Wildman–Crippen LogP) is 2.42. The highest BCUT2D eigenvalue weighted by atomic mass is 127. The summed E-state index contributed by atoms with van der Waals surface area (Å²) in [4.78, 5) is 3.65. The van der Waals surface area contributed by atoms with Gasteiger partial charge in [-0.1, -0.05) is 0 Å². The molecule has 0 spiro atoms. The van der Waals surface area contributed by atoms with Crippen LogP contribution in [0.5, 0.6) is 0 Å². The molecule has 1 heterocycles. The van der Waals surface area contributed by atoms with Crippen LogP contribution in [-0.2, 0) is 0 Å². The molecule has 0 fully saturated rings. The molecule has 0 atom stereocenters. The van der Waals surface area contributed by atoms with E-state index in [1.165, 1.54) is 12.3 Å². The molecule has 0 saturated carbocycles. The van der Waals surface area contributed by atoms with E-state index in [1.54, 1.807) is 22.6 Å². The van der Waals surface area contributed by atoms with Gasteiger partial charge >= 0.3 is 0 Å². The lowest BCUT2D eigenvalue weighted by atomic mass is 10.3. The molecule has 0 aliphatic carbocycles. The van der Waals surface area contributed by atoms with Gasteiger partial charge in [0, 0.05) is 12.3 Å². The highest BCUT2D eigenvalue weighted by Crippen LogP contribution is 2.21. The zero-order chi connectivity index (χ0) is 7.56. The van der Waals surface area contributed by atoms with Gasteiger partial charge in [0.2, 0.25) is 0 Å². The number of halogens is 3. The molecule has 0 aliphatic heterocycles. The van der Waals surface area contributed by atoms with Crippen molar-refractivity contribution in [1.29, 1.82) is 0 Å². The molecule has 0 bridgehead atoms. The molecule has 1 radical (unpaired) electrons. The van der Waals surface area contributed by atoms with Crippen molar-refractivity contribution in [1.82, 2.24) is 4.98 Å². The van der Waals surface area contributed by atoms with E-state index in [2.05, 4.69) is 11.1 Å². The van der Waals surface area contributed by atoms with Gasteiger partial charge in [-0.05, 0) is 28.7 Å². The van der Waals surface area contributed by atoms with E-state index in [4.69, 9.17) is 0 Å². The van der Waals surface area contributed by atoms with Crippen molar-refractivity contribution in [2.24, 2.45) is 0 Å². The quantitative estimate of drug-likeness (QED) is 0.554. The Morgan fingerprint density at radius 1 is 1.60 bits per heavy atom. The lowest BCUT2D eigenvalue weighted by molar-refractivity contribution is 0.150. The molecular weight excluding hydrogens is 251 g/mol. The van der Waals surface area contributed by atoms with Crippen LogP contribution in [0.2, 0.25) is 0 Å². The molecule has 0 unspecified atom stereocenters. The van der Waals surface area contributed by atoms with Crippen LogP contribution < -0.4 is 0 Å². The second-order valence-electron chi connectivity index (χ2n) is 1.62. The predicted molar refractivity (Wildman–Crippen MR) is 40.7 cm³/mol. The molecule has 53 valence electrons. The first-order valence-electron chi connectivity index (χ1n) is 2.51. The average molecular weight is 254 g/mol. The molecule has 0 N–H and O–H groups in total. The Bertz CT molecular complexity index is 227.